The Bertz CT molecular complexity index is 1360. The molecule has 3 aromatic carbocycles. The first-order valence-corrected chi connectivity index (χ1v) is 12.8. The minimum Gasteiger partial charge on any atom is -0.507 e. The lowest BCUT2D eigenvalue weighted by Crippen LogP contribution is -2.29. The molecular formula is C31H31NO5. The molecule has 6 nitrogen and oxygen atoms in total. The average molecular weight is 498 g/mol. The number of benzene rings is 3. The average Bonchev–Trinajstić information content (AvgIpc) is 3.21. The Morgan fingerprint density at radius 2 is 1.70 bits per heavy atom. The number of aliphatic hydroxyl groups is 1. The number of aryl methyl sites for hydroxylation is 2. The number of methoxy groups -OCH3 is 1. The first kappa shape index (κ1) is 24.6. The monoisotopic (exact) mass is 497 g/mol. The molecule has 0 saturated carbocycles. The number of carbonyl (C=O) groups is 2. The molecule has 1 atom stereocenters. The Kier molecular flexibility index (Phi) is 6.99. The largest absolute Gasteiger partial charge is 0.507 e. The maximum atomic E-state index is 13.5. The highest BCUT2D eigenvalue weighted by atomic mass is 16.5. The van der Waals surface area contributed by atoms with Gasteiger partial charge in [-0.15, -0.1) is 0 Å². The van der Waals surface area contributed by atoms with Crippen LogP contribution in [0.5, 0.6) is 11.5 Å². The maximum absolute atomic E-state index is 13.5. The Morgan fingerprint density at radius 3 is 2.43 bits per heavy atom. The smallest absolute Gasteiger partial charge is 0.300 e. The maximum Gasteiger partial charge on any atom is 0.300 e. The molecule has 5 rings (SSSR count). The Hall–Kier alpha value is -4.06. The molecule has 0 aromatic heterocycles. The topological polar surface area (TPSA) is 76.1 Å². The van der Waals surface area contributed by atoms with Crippen LogP contribution < -0.4 is 14.4 Å². The summed E-state index contributed by atoms with van der Waals surface area (Å²) in [6.07, 6.45) is 5.07. The zero-order valence-electron chi connectivity index (χ0n) is 21.2. The fourth-order valence-electron chi connectivity index (χ4n) is 5.19. The normalized spacial score (nSPS) is 18.5. The van der Waals surface area contributed by atoms with Gasteiger partial charge in [-0.25, -0.2) is 0 Å². The fourth-order valence-corrected chi connectivity index (χ4v) is 5.19. The number of carbonyl (C=O) groups excluding carboxylic acids is 2. The van der Waals surface area contributed by atoms with Crippen LogP contribution in [0, 0.1) is 0 Å². The van der Waals surface area contributed by atoms with Gasteiger partial charge < -0.3 is 14.6 Å². The minimum absolute atomic E-state index is 0.0734. The summed E-state index contributed by atoms with van der Waals surface area (Å²) in [7, 11) is 1.57. The van der Waals surface area contributed by atoms with Crippen molar-refractivity contribution in [3.05, 3.63) is 94.6 Å². The molecule has 37 heavy (non-hydrogen) atoms. The summed E-state index contributed by atoms with van der Waals surface area (Å²) in [6.45, 7) is 2.58. The number of aliphatic hydroxyl groups excluding tert-OH is 1. The van der Waals surface area contributed by atoms with Crippen molar-refractivity contribution >= 4 is 23.1 Å². The molecule has 1 N–H and O–H groups in total. The van der Waals surface area contributed by atoms with Crippen LogP contribution in [0.15, 0.2) is 72.3 Å². The van der Waals surface area contributed by atoms with E-state index in [-0.39, 0.29) is 11.3 Å². The van der Waals surface area contributed by atoms with E-state index in [1.807, 2.05) is 49.4 Å². The molecule has 2 aliphatic rings. The van der Waals surface area contributed by atoms with E-state index in [4.69, 9.17) is 9.47 Å². The zero-order valence-corrected chi connectivity index (χ0v) is 21.2. The third-order valence-corrected chi connectivity index (χ3v) is 7.06. The van der Waals surface area contributed by atoms with Crippen molar-refractivity contribution < 1.29 is 24.2 Å². The Labute approximate surface area is 217 Å². The number of hydrogen-bond donors (Lipinski definition) is 1. The van der Waals surface area contributed by atoms with Gasteiger partial charge in [0.25, 0.3) is 11.7 Å². The van der Waals surface area contributed by atoms with E-state index in [0.717, 1.165) is 32.1 Å². The SMILES string of the molecule is CCCOc1cccc(C2/C(=C(/O)c3ccc4c(c3)CCCC4)C(=O)C(=O)N2c2ccc(OC)cc2)c1. The van der Waals surface area contributed by atoms with E-state index in [2.05, 4.69) is 0 Å². The lowest BCUT2D eigenvalue weighted by molar-refractivity contribution is -0.132. The number of fused-ring (bicyclic) bond motifs is 1. The number of ketones is 1. The van der Waals surface area contributed by atoms with Crippen LogP contribution in [-0.4, -0.2) is 30.5 Å². The summed E-state index contributed by atoms with van der Waals surface area (Å²) in [5.74, 6) is -0.271. The van der Waals surface area contributed by atoms with Gasteiger partial charge in [-0.05, 0) is 91.3 Å². The van der Waals surface area contributed by atoms with Crippen molar-refractivity contribution in [3.8, 4) is 11.5 Å². The molecule has 0 bridgehead atoms. The standard InChI is InChI=1S/C31H31NO5/c1-3-17-37-26-10-6-9-22(19-26)28-27(29(33)23-12-11-20-7-4-5-8-21(20)18-23)30(34)31(35)32(28)24-13-15-25(36-2)16-14-24/h6,9-16,18-19,28,33H,3-5,7-8,17H2,1-2H3/b29-27-. The number of Topliss-reactive ketones (excluding diaryl/α,β-unsaturated/α-hetero) is 1. The van der Waals surface area contributed by atoms with E-state index in [1.165, 1.54) is 16.0 Å². The highest BCUT2D eigenvalue weighted by Gasteiger charge is 2.47. The fraction of sp³-hybridized carbons (Fsp3) is 0.290. The van der Waals surface area contributed by atoms with Crippen LogP contribution in [0.25, 0.3) is 5.76 Å². The summed E-state index contributed by atoms with van der Waals surface area (Å²) >= 11 is 0. The molecule has 0 radical (unpaired) electrons. The zero-order chi connectivity index (χ0) is 25.9. The third kappa shape index (κ3) is 4.71. The van der Waals surface area contributed by atoms with Crippen LogP contribution in [0.3, 0.4) is 0 Å². The second-order valence-corrected chi connectivity index (χ2v) is 9.48. The molecule has 1 unspecified atom stereocenters. The van der Waals surface area contributed by atoms with Gasteiger partial charge in [-0.1, -0.05) is 31.2 Å². The minimum atomic E-state index is -0.811. The summed E-state index contributed by atoms with van der Waals surface area (Å²) in [5, 5.41) is 11.5. The lowest BCUT2D eigenvalue weighted by Gasteiger charge is -2.26. The predicted octanol–water partition coefficient (Wildman–Crippen LogP) is 5.99. The number of nitrogens with zero attached hydrogens (tertiary/aromatic N) is 1. The number of rotatable bonds is 7. The third-order valence-electron chi connectivity index (χ3n) is 7.06. The van der Waals surface area contributed by atoms with Gasteiger partial charge in [0.15, 0.2) is 0 Å². The first-order chi connectivity index (χ1) is 18.0. The lowest BCUT2D eigenvalue weighted by atomic mass is 9.88. The molecule has 3 aromatic rings. The van der Waals surface area contributed by atoms with Gasteiger partial charge in [0, 0.05) is 11.3 Å². The molecule has 1 heterocycles. The van der Waals surface area contributed by atoms with Crippen molar-refractivity contribution in [1.29, 1.82) is 0 Å². The van der Waals surface area contributed by atoms with Gasteiger partial charge in [0.1, 0.15) is 17.3 Å². The van der Waals surface area contributed by atoms with Crippen molar-refractivity contribution in [3.63, 3.8) is 0 Å². The Morgan fingerprint density at radius 1 is 0.946 bits per heavy atom. The van der Waals surface area contributed by atoms with Crippen LogP contribution in [0.2, 0.25) is 0 Å². The summed E-state index contributed by atoms with van der Waals surface area (Å²) in [6, 6.07) is 19.4. The second kappa shape index (κ2) is 10.5. The highest BCUT2D eigenvalue weighted by Crippen LogP contribution is 2.43. The second-order valence-electron chi connectivity index (χ2n) is 9.48. The van der Waals surface area contributed by atoms with E-state index in [1.54, 1.807) is 31.4 Å². The predicted molar refractivity (Wildman–Crippen MR) is 143 cm³/mol. The van der Waals surface area contributed by atoms with Crippen molar-refractivity contribution in [2.75, 3.05) is 18.6 Å². The van der Waals surface area contributed by atoms with E-state index in [9.17, 15) is 14.7 Å². The quantitative estimate of drug-likeness (QED) is 0.247. The van der Waals surface area contributed by atoms with Gasteiger partial charge in [0.2, 0.25) is 0 Å². The molecule has 1 amide bonds. The van der Waals surface area contributed by atoms with Crippen molar-refractivity contribution in [2.24, 2.45) is 0 Å². The van der Waals surface area contributed by atoms with Gasteiger partial charge in [-0.2, -0.15) is 0 Å². The number of anilines is 1. The Balaban J connectivity index is 1.66. The molecular weight excluding hydrogens is 466 g/mol. The molecule has 0 spiro atoms. The van der Waals surface area contributed by atoms with Crippen LogP contribution in [-0.2, 0) is 22.4 Å². The van der Waals surface area contributed by atoms with E-state index in [0.29, 0.717) is 34.9 Å². The molecule has 1 fully saturated rings. The van der Waals surface area contributed by atoms with Crippen molar-refractivity contribution in [2.45, 2.75) is 45.1 Å². The summed E-state index contributed by atoms with van der Waals surface area (Å²) < 4.78 is 11.1. The first-order valence-electron chi connectivity index (χ1n) is 12.8. The summed E-state index contributed by atoms with van der Waals surface area (Å²) in [5.41, 5.74) is 4.31. The van der Waals surface area contributed by atoms with E-state index >= 15 is 0 Å². The molecule has 190 valence electrons. The summed E-state index contributed by atoms with van der Waals surface area (Å²) in [4.78, 5) is 28.4. The van der Waals surface area contributed by atoms with Crippen LogP contribution in [0.1, 0.15) is 54.5 Å². The molecule has 1 aliphatic carbocycles. The number of hydrogen-bond acceptors (Lipinski definition) is 5. The van der Waals surface area contributed by atoms with Gasteiger partial charge in [0.05, 0.1) is 25.3 Å². The molecule has 1 aliphatic heterocycles. The molecule has 1 saturated heterocycles. The highest BCUT2D eigenvalue weighted by molar-refractivity contribution is 6.51. The number of amides is 1. The number of ether oxygens (including phenoxy) is 2. The van der Waals surface area contributed by atoms with Crippen molar-refractivity contribution in [1.82, 2.24) is 0 Å². The van der Waals surface area contributed by atoms with E-state index < -0.39 is 17.7 Å². The van der Waals surface area contributed by atoms with Gasteiger partial charge >= 0.3 is 0 Å². The van der Waals surface area contributed by atoms with Gasteiger partial charge in [-0.3, -0.25) is 14.5 Å². The van der Waals surface area contributed by atoms with Crippen LogP contribution in [0.4, 0.5) is 5.69 Å². The molecule has 6 heteroatoms. The van der Waals surface area contributed by atoms with Crippen LogP contribution >= 0.6 is 0 Å².